The molecule has 3 aromatic rings. The van der Waals surface area contributed by atoms with Crippen molar-refractivity contribution >= 4 is 52.5 Å². The molecule has 1 N–H and O–H groups in total. The molecule has 1 aliphatic rings. The summed E-state index contributed by atoms with van der Waals surface area (Å²) in [5.41, 5.74) is 0.987. The van der Waals surface area contributed by atoms with Crippen molar-refractivity contribution in [1.82, 2.24) is 5.32 Å². The summed E-state index contributed by atoms with van der Waals surface area (Å²) in [5, 5.41) is 2.99. The number of rotatable bonds is 3. The summed E-state index contributed by atoms with van der Waals surface area (Å²) in [6.07, 6.45) is 1.34. The molecule has 0 bridgehead atoms. The van der Waals surface area contributed by atoms with Gasteiger partial charge < -0.3 is 4.42 Å². The Hall–Kier alpha value is -3.29. The summed E-state index contributed by atoms with van der Waals surface area (Å²) in [6, 6.07) is 15.6. The lowest BCUT2D eigenvalue weighted by Gasteiger charge is -2.28. The Balaban J connectivity index is 1.66. The van der Waals surface area contributed by atoms with Gasteiger partial charge in [0.15, 0.2) is 5.11 Å². The van der Waals surface area contributed by atoms with Crippen molar-refractivity contribution in [2.45, 2.75) is 0 Å². The number of anilines is 1. The molecule has 0 spiro atoms. The second kappa shape index (κ2) is 7.62. The Morgan fingerprint density at radius 1 is 1.00 bits per heavy atom. The standard InChI is InChI=1S/C21H12ClFN2O3S/c22-13-3-1-12(2-4-13)18-10-9-16(28-18)11-17-19(26)24-21(29)25(20(17)27)15-7-5-14(23)6-8-15/h1-11H,(H,24,26,29)/b17-11-. The third kappa shape index (κ3) is 3.83. The number of nitrogens with zero attached hydrogens (tertiary/aromatic N) is 1. The zero-order valence-corrected chi connectivity index (χ0v) is 16.3. The van der Waals surface area contributed by atoms with Gasteiger partial charge in [0.25, 0.3) is 11.8 Å². The summed E-state index contributed by atoms with van der Waals surface area (Å²) in [5.74, 6) is -0.838. The van der Waals surface area contributed by atoms with E-state index in [0.717, 1.165) is 10.5 Å². The molecule has 2 aromatic carbocycles. The van der Waals surface area contributed by atoms with Gasteiger partial charge in [0, 0.05) is 10.6 Å². The van der Waals surface area contributed by atoms with E-state index in [-0.39, 0.29) is 10.7 Å². The quantitative estimate of drug-likeness (QED) is 0.378. The Bertz CT molecular complexity index is 1150. The monoisotopic (exact) mass is 426 g/mol. The highest BCUT2D eigenvalue weighted by molar-refractivity contribution is 7.80. The maximum Gasteiger partial charge on any atom is 0.270 e. The van der Waals surface area contributed by atoms with Crippen LogP contribution in [0.25, 0.3) is 17.4 Å². The number of benzene rings is 2. The molecule has 0 radical (unpaired) electrons. The summed E-state index contributed by atoms with van der Waals surface area (Å²) >= 11 is 11.0. The summed E-state index contributed by atoms with van der Waals surface area (Å²) in [7, 11) is 0. The second-order valence-corrected chi connectivity index (χ2v) is 6.97. The number of carbonyl (C=O) groups excluding carboxylic acids is 2. The first-order valence-electron chi connectivity index (χ1n) is 8.45. The number of hydrogen-bond donors (Lipinski definition) is 1. The van der Waals surface area contributed by atoms with Crippen molar-refractivity contribution < 1.29 is 18.4 Å². The maximum atomic E-state index is 13.2. The molecule has 0 atom stereocenters. The molecule has 8 heteroatoms. The lowest BCUT2D eigenvalue weighted by Crippen LogP contribution is -2.54. The normalized spacial score (nSPS) is 15.7. The molecule has 0 aliphatic carbocycles. The van der Waals surface area contributed by atoms with E-state index in [4.69, 9.17) is 28.2 Å². The largest absolute Gasteiger partial charge is 0.457 e. The van der Waals surface area contributed by atoms with Gasteiger partial charge in [0.05, 0.1) is 5.69 Å². The van der Waals surface area contributed by atoms with E-state index in [1.54, 1.807) is 36.4 Å². The number of nitrogens with one attached hydrogen (secondary N) is 1. The fourth-order valence-corrected chi connectivity index (χ4v) is 3.23. The van der Waals surface area contributed by atoms with Gasteiger partial charge in [0.1, 0.15) is 22.9 Å². The van der Waals surface area contributed by atoms with Crippen molar-refractivity contribution in [2.75, 3.05) is 4.90 Å². The molecule has 1 aromatic heterocycles. The van der Waals surface area contributed by atoms with E-state index >= 15 is 0 Å². The minimum Gasteiger partial charge on any atom is -0.457 e. The fraction of sp³-hybridized carbons (Fsp3) is 0. The lowest BCUT2D eigenvalue weighted by atomic mass is 10.1. The van der Waals surface area contributed by atoms with Crippen molar-refractivity contribution in [2.24, 2.45) is 0 Å². The van der Waals surface area contributed by atoms with Crippen molar-refractivity contribution in [3.05, 3.63) is 82.8 Å². The summed E-state index contributed by atoms with van der Waals surface area (Å²) in [6.45, 7) is 0. The number of carbonyl (C=O) groups is 2. The molecule has 4 rings (SSSR count). The second-order valence-electron chi connectivity index (χ2n) is 6.14. The van der Waals surface area contributed by atoms with Gasteiger partial charge in [-0.3, -0.25) is 19.8 Å². The molecule has 2 heterocycles. The smallest absolute Gasteiger partial charge is 0.270 e. The van der Waals surface area contributed by atoms with Crippen LogP contribution in [0.15, 0.2) is 70.7 Å². The fourth-order valence-electron chi connectivity index (χ4n) is 2.82. The molecular weight excluding hydrogens is 415 g/mol. The Morgan fingerprint density at radius 2 is 1.69 bits per heavy atom. The molecule has 5 nitrogen and oxygen atoms in total. The van der Waals surface area contributed by atoms with Crippen LogP contribution in [-0.4, -0.2) is 16.9 Å². The molecule has 0 unspecified atom stereocenters. The van der Waals surface area contributed by atoms with Gasteiger partial charge in [-0.05, 0) is 79.0 Å². The van der Waals surface area contributed by atoms with Gasteiger partial charge in [-0.25, -0.2) is 4.39 Å². The third-order valence-electron chi connectivity index (χ3n) is 4.23. The first-order chi connectivity index (χ1) is 13.9. The summed E-state index contributed by atoms with van der Waals surface area (Å²) < 4.78 is 18.9. The SMILES string of the molecule is O=C1NC(=S)N(c2ccc(F)cc2)C(=O)/C1=C\c1ccc(-c2ccc(Cl)cc2)o1. The van der Waals surface area contributed by atoms with E-state index in [1.807, 2.05) is 0 Å². The van der Waals surface area contributed by atoms with E-state index in [0.29, 0.717) is 22.2 Å². The van der Waals surface area contributed by atoms with E-state index in [1.165, 1.54) is 30.3 Å². The van der Waals surface area contributed by atoms with Crippen LogP contribution in [0.4, 0.5) is 10.1 Å². The molecular formula is C21H12ClFN2O3S. The number of halogens is 2. The number of thiocarbonyl (C=S) groups is 1. The van der Waals surface area contributed by atoms with Gasteiger partial charge in [0.2, 0.25) is 0 Å². The van der Waals surface area contributed by atoms with Gasteiger partial charge in [-0.1, -0.05) is 11.6 Å². The van der Waals surface area contributed by atoms with E-state index in [2.05, 4.69) is 5.32 Å². The summed E-state index contributed by atoms with van der Waals surface area (Å²) in [4.78, 5) is 26.4. The molecule has 1 fully saturated rings. The van der Waals surface area contributed by atoms with Crippen LogP contribution < -0.4 is 10.2 Å². The number of amides is 2. The minimum absolute atomic E-state index is 0.0787. The van der Waals surface area contributed by atoms with Crippen molar-refractivity contribution in [3.8, 4) is 11.3 Å². The van der Waals surface area contributed by atoms with Crippen LogP contribution in [0, 0.1) is 5.82 Å². The molecule has 0 saturated carbocycles. The maximum absolute atomic E-state index is 13.2. The zero-order valence-electron chi connectivity index (χ0n) is 14.7. The molecule has 2 amide bonds. The number of furan rings is 1. The van der Waals surface area contributed by atoms with E-state index < -0.39 is 17.6 Å². The average Bonchev–Trinajstić information content (AvgIpc) is 3.16. The van der Waals surface area contributed by atoms with E-state index in [9.17, 15) is 14.0 Å². The topological polar surface area (TPSA) is 62.6 Å². The van der Waals surface area contributed by atoms with Crippen LogP contribution in [0.2, 0.25) is 5.02 Å². The zero-order chi connectivity index (χ0) is 20.5. The molecule has 144 valence electrons. The Labute approximate surface area is 175 Å². The molecule has 1 aliphatic heterocycles. The Kier molecular flexibility index (Phi) is 5.00. The molecule has 29 heavy (non-hydrogen) atoms. The average molecular weight is 427 g/mol. The first kappa shape index (κ1) is 19.0. The van der Waals surface area contributed by atoms with Crippen LogP contribution in [0.3, 0.4) is 0 Å². The predicted molar refractivity (Wildman–Crippen MR) is 112 cm³/mol. The predicted octanol–water partition coefficient (Wildman–Crippen LogP) is 4.57. The van der Waals surface area contributed by atoms with Crippen LogP contribution in [0.1, 0.15) is 5.76 Å². The van der Waals surface area contributed by atoms with Crippen LogP contribution >= 0.6 is 23.8 Å². The Morgan fingerprint density at radius 3 is 2.38 bits per heavy atom. The third-order valence-corrected chi connectivity index (χ3v) is 4.77. The highest BCUT2D eigenvalue weighted by Gasteiger charge is 2.34. The highest BCUT2D eigenvalue weighted by atomic mass is 35.5. The van der Waals surface area contributed by atoms with Gasteiger partial charge in [-0.2, -0.15) is 0 Å². The molecule has 1 saturated heterocycles. The number of hydrogen-bond acceptors (Lipinski definition) is 4. The lowest BCUT2D eigenvalue weighted by molar-refractivity contribution is -0.122. The minimum atomic E-state index is -0.636. The van der Waals surface area contributed by atoms with Crippen molar-refractivity contribution in [1.29, 1.82) is 0 Å². The van der Waals surface area contributed by atoms with Gasteiger partial charge in [-0.15, -0.1) is 0 Å². The van der Waals surface area contributed by atoms with Crippen LogP contribution in [-0.2, 0) is 9.59 Å². The van der Waals surface area contributed by atoms with Crippen LogP contribution in [0.5, 0.6) is 0 Å². The van der Waals surface area contributed by atoms with Crippen molar-refractivity contribution in [3.63, 3.8) is 0 Å². The highest BCUT2D eigenvalue weighted by Crippen LogP contribution is 2.26. The first-order valence-corrected chi connectivity index (χ1v) is 9.24. The van der Waals surface area contributed by atoms with Gasteiger partial charge >= 0.3 is 0 Å².